The third-order valence-corrected chi connectivity index (χ3v) is 2.52. The first kappa shape index (κ1) is 14.6. The van der Waals surface area contributed by atoms with Gasteiger partial charge in [-0.15, -0.1) is 0 Å². The Labute approximate surface area is 101 Å². The van der Waals surface area contributed by atoms with Crippen molar-refractivity contribution in [2.75, 3.05) is 19.5 Å². The van der Waals surface area contributed by atoms with Gasteiger partial charge in [-0.25, -0.2) is 5.06 Å². The first-order valence-corrected chi connectivity index (χ1v) is 6.36. The standard InChI is InChI=1S/C11H20BrNO2/c1-13(15-2)11(14)9-7-5-3-4-6-8-10-12/h6,8H,3-5,7,9-10H2,1-2H3/b8-6+. The van der Waals surface area contributed by atoms with Crippen LogP contribution in [0.1, 0.15) is 32.1 Å². The lowest BCUT2D eigenvalue weighted by Gasteiger charge is -2.12. The zero-order valence-corrected chi connectivity index (χ0v) is 11.1. The first-order valence-electron chi connectivity index (χ1n) is 5.24. The van der Waals surface area contributed by atoms with Crippen LogP contribution in [0.25, 0.3) is 0 Å². The van der Waals surface area contributed by atoms with Crippen molar-refractivity contribution < 1.29 is 9.63 Å². The summed E-state index contributed by atoms with van der Waals surface area (Å²) >= 11 is 3.32. The Balaban J connectivity index is 3.31. The predicted octanol–water partition coefficient (Wildman–Crippen LogP) is 2.91. The average molecular weight is 278 g/mol. The maximum Gasteiger partial charge on any atom is 0.245 e. The number of alkyl halides is 1. The number of carbonyl (C=O) groups is 1. The van der Waals surface area contributed by atoms with Crippen LogP contribution in [0.3, 0.4) is 0 Å². The van der Waals surface area contributed by atoms with Crippen molar-refractivity contribution in [3.8, 4) is 0 Å². The van der Waals surface area contributed by atoms with E-state index in [2.05, 4.69) is 28.1 Å². The molecule has 3 nitrogen and oxygen atoms in total. The summed E-state index contributed by atoms with van der Waals surface area (Å²) in [6, 6.07) is 0. The number of rotatable bonds is 8. The second kappa shape index (κ2) is 10.2. The molecule has 0 aliphatic heterocycles. The van der Waals surface area contributed by atoms with Crippen LogP contribution in [0.5, 0.6) is 0 Å². The third kappa shape index (κ3) is 8.63. The van der Waals surface area contributed by atoms with Crippen LogP contribution >= 0.6 is 15.9 Å². The number of halogens is 1. The highest BCUT2D eigenvalue weighted by Crippen LogP contribution is 2.05. The molecule has 0 rings (SSSR count). The van der Waals surface area contributed by atoms with E-state index < -0.39 is 0 Å². The molecule has 0 aromatic carbocycles. The SMILES string of the molecule is CON(C)C(=O)CCCCC/C=C/CBr. The number of hydroxylamine groups is 2. The van der Waals surface area contributed by atoms with E-state index in [0.717, 1.165) is 31.0 Å². The summed E-state index contributed by atoms with van der Waals surface area (Å²) in [5.41, 5.74) is 0. The maximum absolute atomic E-state index is 11.3. The zero-order chi connectivity index (χ0) is 11.5. The van der Waals surface area contributed by atoms with E-state index in [9.17, 15) is 4.79 Å². The van der Waals surface area contributed by atoms with E-state index in [4.69, 9.17) is 4.84 Å². The normalized spacial score (nSPS) is 10.9. The predicted molar refractivity (Wildman–Crippen MR) is 65.8 cm³/mol. The second-order valence-corrected chi connectivity index (χ2v) is 3.95. The second-order valence-electron chi connectivity index (χ2n) is 3.30. The van der Waals surface area contributed by atoms with Gasteiger partial charge in [0.1, 0.15) is 0 Å². The van der Waals surface area contributed by atoms with Crippen molar-refractivity contribution in [3.63, 3.8) is 0 Å². The quantitative estimate of drug-likeness (QED) is 0.296. The van der Waals surface area contributed by atoms with Gasteiger partial charge >= 0.3 is 0 Å². The molecule has 15 heavy (non-hydrogen) atoms. The molecule has 0 saturated carbocycles. The lowest BCUT2D eigenvalue weighted by atomic mass is 10.1. The van der Waals surface area contributed by atoms with Gasteiger partial charge in [-0.1, -0.05) is 34.5 Å². The van der Waals surface area contributed by atoms with Gasteiger partial charge in [0, 0.05) is 18.8 Å². The Morgan fingerprint density at radius 2 is 2.07 bits per heavy atom. The Bertz CT molecular complexity index is 195. The molecule has 0 aliphatic carbocycles. The van der Waals surface area contributed by atoms with Crippen LogP contribution in [-0.2, 0) is 9.63 Å². The molecule has 0 radical (unpaired) electrons. The van der Waals surface area contributed by atoms with Crippen molar-refractivity contribution in [3.05, 3.63) is 12.2 Å². The molecule has 0 unspecified atom stereocenters. The van der Waals surface area contributed by atoms with Gasteiger partial charge in [0.2, 0.25) is 5.91 Å². The van der Waals surface area contributed by atoms with E-state index in [1.807, 2.05) is 0 Å². The molecule has 4 heteroatoms. The Kier molecular flexibility index (Phi) is 9.94. The highest BCUT2D eigenvalue weighted by Gasteiger charge is 2.05. The van der Waals surface area contributed by atoms with E-state index in [1.54, 1.807) is 7.05 Å². The van der Waals surface area contributed by atoms with Crippen molar-refractivity contribution in [1.29, 1.82) is 0 Å². The lowest BCUT2D eigenvalue weighted by molar-refractivity contribution is -0.168. The highest BCUT2D eigenvalue weighted by molar-refractivity contribution is 9.09. The van der Waals surface area contributed by atoms with E-state index in [-0.39, 0.29) is 5.91 Å². The van der Waals surface area contributed by atoms with E-state index in [0.29, 0.717) is 6.42 Å². The van der Waals surface area contributed by atoms with Crippen molar-refractivity contribution in [1.82, 2.24) is 5.06 Å². The molecule has 88 valence electrons. The van der Waals surface area contributed by atoms with Crippen molar-refractivity contribution in [2.24, 2.45) is 0 Å². The summed E-state index contributed by atoms with van der Waals surface area (Å²) in [4.78, 5) is 16.1. The Hall–Kier alpha value is -0.350. The zero-order valence-electron chi connectivity index (χ0n) is 9.54. The molecular weight excluding hydrogens is 258 g/mol. The summed E-state index contributed by atoms with van der Waals surface area (Å²) < 4.78 is 0. The van der Waals surface area contributed by atoms with Gasteiger partial charge in [-0.3, -0.25) is 9.63 Å². The monoisotopic (exact) mass is 277 g/mol. The summed E-state index contributed by atoms with van der Waals surface area (Å²) in [6.45, 7) is 0. The molecular formula is C11H20BrNO2. The molecule has 0 fully saturated rings. The summed E-state index contributed by atoms with van der Waals surface area (Å²) in [6.07, 6.45) is 9.12. The molecule has 0 bridgehead atoms. The van der Waals surface area contributed by atoms with Crippen LogP contribution in [0.15, 0.2) is 12.2 Å². The van der Waals surface area contributed by atoms with E-state index >= 15 is 0 Å². The molecule has 0 aliphatic rings. The number of unbranched alkanes of at least 4 members (excludes halogenated alkanes) is 3. The van der Waals surface area contributed by atoms with Gasteiger partial charge < -0.3 is 0 Å². The van der Waals surface area contributed by atoms with Gasteiger partial charge in [0.05, 0.1) is 7.11 Å². The van der Waals surface area contributed by atoms with Crippen LogP contribution in [0.2, 0.25) is 0 Å². The average Bonchev–Trinajstić information content (AvgIpc) is 2.26. The van der Waals surface area contributed by atoms with Gasteiger partial charge in [0.15, 0.2) is 0 Å². The maximum atomic E-state index is 11.3. The fraction of sp³-hybridized carbons (Fsp3) is 0.727. The summed E-state index contributed by atoms with van der Waals surface area (Å²) in [5.74, 6) is 0.0495. The molecule has 0 aromatic heterocycles. The van der Waals surface area contributed by atoms with Gasteiger partial charge in [0.25, 0.3) is 0 Å². The third-order valence-electron chi connectivity index (χ3n) is 2.14. The fourth-order valence-corrected chi connectivity index (χ4v) is 1.42. The topological polar surface area (TPSA) is 29.5 Å². The largest absolute Gasteiger partial charge is 0.275 e. The lowest BCUT2D eigenvalue weighted by Crippen LogP contribution is -2.24. The molecule has 1 amide bonds. The Morgan fingerprint density at radius 3 is 2.67 bits per heavy atom. The minimum atomic E-state index is 0.0495. The smallest absolute Gasteiger partial charge is 0.245 e. The molecule has 0 aromatic rings. The van der Waals surface area contributed by atoms with E-state index in [1.165, 1.54) is 12.2 Å². The van der Waals surface area contributed by atoms with Crippen LogP contribution < -0.4 is 0 Å². The number of hydrogen-bond donors (Lipinski definition) is 0. The van der Waals surface area contributed by atoms with Crippen molar-refractivity contribution in [2.45, 2.75) is 32.1 Å². The van der Waals surface area contributed by atoms with Crippen LogP contribution in [-0.4, -0.2) is 30.5 Å². The molecule has 0 atom stereocenters. The fourth-order valence-electron chi connectivity index (χ4n) is 1.16. The van der Waals surface area contributed by atoms with Crippen molar-refractivity contribution >= 4 is 21.8 Å². The molecule has 0 saturated heterocycles. The summed E-state index contributed by atoms with van der Waals surface area (Å²) in [7, 11) is 3.14. The number of nitrogens with zero attached hydrogens (tertiary/aromatic N) is 1. The number of hydrogen-bond acceptors (Lipinski definition) is 2. The molecule has 0 spiro atoms. The van der Waals surface area contributed by atoms with Crippen LogP contribution in [0, 0.1) is 0 Å². The minimum Gasteiger partial charge on any atom is -0.275 e. The van der Waals surface area contributed by atoms with Gasteiger partial charge in [-0.2, -0.15) is 0 Å². The van der Waals surface area contributed by atoms with Crippen LogP contribution in [0.4, 0.5) is 0 Å². The highest BCUT2D eigenvalue weighted by atomic mass is 79.9. The number of carbonyl (C=O) groups excluding carboxylic acids is 1. The molecule has 0 heterocycles. The molecule has 0 N–H and O–H groups in total. The first-order chi connectivity index (χ1) is 7.22. The Morgan fingerprint density at radius 1 is 1.33 bits per heavy atom. The summed E-state index contributed by atoms with van der Waals surface area (Å²) in [5, 5.41) is 2.20. The number of amides is 1. The number of allylic oxidation sites excluding steroid dienone is 2. The van der Waals surface area contributed by atoms with Gasteiger partial charge in [-0.05, 0) is 19.3 Å². The minimum absolute atomic E-state index is 0.0495.